The van der Waals surface area contributed by atoms with E-state index >= 15 is 0 Å². The van der Waals surface area contributed by atoms with Gasteiger partial charge in [-0.05, 0) is 19.3 Å². The molecule has 0 aromatic carbocycles. The molecule has 0 atom stereocenters. The second-order valence-corrected chi connectivity index (χ2v) is 4.42. The quantitative estimate of drug-likeness (QED) is 0.263. The molecule has 3 N–H and O–H groups in total. The van der Waals surface area contributed by atoms with Crippen molar-refractivity contribution >= 4 is 11.9 Å². The lowest BCUT2D eigenvalue weighted by molar-refractivity contribution is -0.129. The average molecular weight is 225 g/mol. The molecular formula is C10H19N5O. The van der Waals surface area contributed by atoms with Crippen molar-refractivity contribution in [2.24, 2.45) is 10.8 Å². The fourth-order valence-corrected chi connectivity index (χ4v) is 1.75. The van der Waals surface area contributed by atoms with Gasteiger partial charge in [0.05, 0.1) is 12.6 Å². The van der Waals surface area contributed by atoms with E-state index in [2.05, 4.69) is 10.4 Å². The predicted molar refractivity (Wildman–Crippen MR) is 61.6 cm³/mol. The monoisotopic (exact) mass is 225 g/mol. The second kappa shape index (κ2) is 4.69. The van der Waals surface area contributed by atoms with Crippen LogP contribution in [0.2, 0.25) is 0 Å². The Morgan fingerprint density at radius 3 is 2.88 bits per heavy atom. The summed E-state index contributed by atoms with van der Waals surface area (Å²) in [5, 5.41) is 0. The fraction of sp³-hybridized carbons (Fsp3) is 0.800. The first kappa shape index (κ1) is 11.2. The molecule has 0 radical (unpaired) electrons. The summed E-state index contributed by atoms with van der Waals surface area (Å²) in [6.45, 7) is 1.99. The topological polar surface area (TPSA) is 74.0 Å². The highest BCUT2D eigenvalue weighted by Crippen LogP contribution is 2.23. The van der Waals surface area contributed by atoms with Crippen molar-refractivity contribution in [2.75, 3.05) is 26.7 Å². The lowest BCUT2D eigenvalue weighted by Crippen LogP contribution is -2.47. The number of hydrazine groups is 1. The van der Waals surface area contributed by atoms with Crippen LogP contribution in [0.1, 0.15) is 19.3 Å². The van der Waals surface area contributed by atoms with Crippen LogP contribution in [0.3, 0.4) is 0 Å². The van der Waals surface area contributed by atoms with E-state index in [9.17, 15) is 4.79 Å². The summed E-state index contributed by atoms with van der Waals surface area (Å²) in [7, 11) is 1.83. The lowest BCUT2D eigenvalue weighted by Gasteiger charge is -2.22. The Morgan fingerprint density at radius 2 is 2.25 bits per heavy atom. The van der Waals surface area contributed by atoms with E-state index in [4.69, 9.17) is 5.84 Å². The number of hydrogen-bond donors (Lipinski definition) is 2. The van der Waals surface area contributed by atoms with Gasteiger partial charge in [-0.25, -0.2) is 10.8 Å². The van der Waals surface area contributed by atoms with Crippen LogP contribution in [0.4, 0.5) is 0 Å². The normalized spacial score (nSPS) is 23.4. The van der Waals surface area contributed by atoms with Gasteiger partial charge < -0.3 is 9.80 Å². The molecule has 1 heterocycles. The summed E-state index contributed by atoms with van der Waals surface area (Å²) in [4.78, 5) is 19.9. The van der Waals surface area contributed by atoms with Gasteiger partial charge in [-0.15, -0.1) is 0 Å². The van der Waals surface area contributed by atoms with Crippen LogP contribution in [-0.4, -0.2) is 54.4 Å². The molecule has 6 nitrogen and oxygen atoms in total. The van der Waals surface area contributed by atoms with Crippen molar-refractivity contribution in [1.82, 2.24) is 15.2 Å². The van der Waals surface area contributed by atoms with E-state index in [0.717, 1.165) is 32.4 Å². The molecule has 1 aliphatic heterocycles. The van der Waals surface area contributed by atoms with Gasteiger partial charge in [0, 0.05) is 20.1 Å². The fourth-order valence-electron chi connectivity index (χ4n) is 1.75. The Morgan fingerprint density at radius 1 is 1.50 bits per heavy atom. The number of amides is 1. The number of carbonyl (C=O) groups excluding carboxylic acids is 1. The number of nitrogens with one attached hydrogen (secondary N) is 1. The van der Waals surface area contributed by atoms with Crippen molar-refractivity contribution in [3.63, 3.8) is 0 Å². The first-order valence-corrected chi connectivity index (χ1v) is 5.74. The molecule has 0 spiro atoms. The number of aliphatic imine (C=N–C) groups is 1. The minimum absolute atomic E-state index is 0.122. The summed E-state index contributed by atoms with van der Waals surface area (Å²) in [5.41, 5.74) is 2.61. The Balaban J connectivity index is 2.03. The second-order valence-electron chi connectivity index (χ2n) is 4.42. The minimum Gasteiger partial charge on any atom is -0.344 e. The highest BCUT2D eigenvalue weighted by molar-refractivity contribution is 5.86. The molecule has 2 rings (SSSR count). The number of likely N-dealkylation sites (N-methyl/N-ethyl adjacent to an activating group) is 1. The molecule has 1 saturated heterocycles. The van der Waals surface area contributed by atoms with Crippen molar-refractivity contribution in [2.45, 2.75) is 25.3 Å². The van der Waals surface area contributed by atoms with E-state index in [-0.39, 0.29) is 5.91 Å². The van der Waals surface area contributed by atoms with Crippen LogP contribution in [0.25, 0.3) is 0 Å². The molecule has 0 aromatic heterocycles. The van der Waals surface area contributed by atoms with Crippen LogP contribution in [0.5, 0.6) is 0 Å². The maximum atomic E-state index is 11.7. The summed E-state index contributed by atoms with van der Waals surface area (Å²) in [6.07, 6.45) is 3.22. The van der Waals surface area contributed by atoms with Gasteiger partial charge in [0.15, 0.2) is 0 Å². The minimum atomic E-state index is 0.122. The number of guanidine groups is 1. The lowest BCUT2D eigenvalue weighted by atomic mass is 10.4. The number of carbonyl (C=O) groups is 1. The molecule has 90 valence electrons. The number of nitrogens with zero attached hydrogens (tertiary/aromatic N) is 3. The molecule has 1 amide bonds. The van der Waals surface area contributed by atoms with Crippen LogP contribution in [0.15, 0.2) is 4.99 Å². The van der Waals surface area contributed by atoms with Crippen LogP contribution < -0.4 is 11.3 Å². The summed E-state index contributed by atoms with van der Waals surface area (Å²) < 4.78 is 0. The predicted octanol–water partition coefficient (Wildman–Crippen LogP) is -0.868. The van der Waals surface area contributed by atoms with Crippen molar-refractivity contribution in [1.29, 1.82) is 0 Å². The summed E-state index contributed by atoms with van der Waals surface area (Å²) >= 11 is 0. The maximum absolute atomic E-state index is 11.7. The van der Waals surface area contributed by atoms with Gasteiger partial charge in [-0.2, -0.15) is 0 Å². The molecule has 0 unspecified atom stereocenters. The Labute approximate surface area is 95.4 Å². The molecule has 1 saturated carbocycles. The third-order valence-electron chi connectivity index (χ3n) is 2.95. The van der Waals surface area contributed by atoms with E-state index in [1.54, 1.807) is 4.90 Å². The zero-order valence-corrected chi connectivity index (χ0v) is 9.65. The van der Waals surface area contributed by atoms with Crippen LogP contribution in [-0.2, 0) is 4.79 Å². The van der Waals surface area contributed by atoms with E-state index in [0.29, 0.717) is 18.5 Å². The third kappa shape index (κ3) is 2.63. The SMILES string of the molecule is CN1CCCN(C(=NC2CC2)NN)CC1=O. The Kier molecular flexibility index (Phi) is 3.28. The molecule has 2 fully saturated rings. The van der Waals surface area contributed by atoms with Gasteiger partial charge in [-0.3, -0.25) is 10.2 Å². The van der Waals surface area contributed by atoms with Crippen molar-refractivity contribution < 1.29 is 4.79 Å². The maximum Gasteiger partial charge on any atom is 0.241 e. The Hall–Kier alpha value is -1.30. The largest absolute Gasteiger partial charge is 0.344 e. The molecule has 6 heteroatoms. The van der Waals surface area contributed by atoms with Crippen LogP contribution in [0, 0.1) is 0 Å². The first-order chi connectivity index (χ1) is 7.70. The van der Waals surface area contributed by atoms with Gasteiger partial charge in [0.2, 0.25) is 11.9 Å². The van der Waals surface area contributed by atoms with Gasteiger partial charge in [0.25, 0.3) is 0 Å². The third-order valence-corrected chi connectivity index (χ3v) is 2.95. The van der Waals surface area contributed by atoms with Gasteiger partial charge in [0.1, 0.15) is 0 Å². The van der Waals surface area contributed by atoms with Crippen molar-refractivity contribution in [3.05, 3.63) is 0 Å². The van der Waals surface area contributed by atoms with E-state index in [1.165, 1.54) is 0 Å². The van der Waals surface area contributed by atoms with Gasteiger partial charge >= 0.3 is 0 Å². The number of nitrogens with two attached hydrogens (primary N) is 1. The highest BCUT2D eigenvalue weighted by atomic mass is 16.2. The number of rotatable bonds is 1. The van der Waals surface area contributed by atoms with E-state index < -0.39 is 0 Å². The molecule has 2 aliphatic rings. The molecule has 0 aromatic rings. The zero-order chi connectivity index (χ0) is 11.5. The molecule has 1 aliphatic carbocycles. The summed E-state index contributed by atoms with van der Waals surface area (Å²) in [6, 6.07) is 0.405. The number of hydrogen-bond acceptors (Lipinski definition) is 3. The summed E-state index contributed by atoms with van der Waals surface area (Å²) in [5.74, 6) is 6.24. The van der Waals surface area contributed by atoms with Gasteiger partial charge in [-0.1, -0.05) is 0 Å². The standard InChI is InChI=1S/C10H19N5O/c1-14-5-2-6-15(7-9(14)16)10(13-11)12-8-3-4-8/h8H,2-7,11H2,1H3,(H,12,13). The van der Waals surface area contributed by atoms with E-state index in [1.807, 2.05) is 11.9 Å². The molecular weight excluding hydrogens is 206 g/mol. The van der Waals surface area contributed by atoms with Crippen molar-refractivity contribution in [3.8, 4) is 0 Å². The zero-order valence-electron chi connectivity index (χ0n) is 9.65. The average Bonchev–Trinajstić information content (AvgIpc) is 3.07. The Bertz CT molecular complexity index is 300. The highest BCUT2D eigenvalue weighted by Gasteiger charge is 2.25. The first-order valence-electron chi connectivity index (χ1n) is 5.74. The molecule has 16 heavy (non-hydrogen) atoms. The smallest absolute Gasteiger partial charge is 0.241 e. The van der Waals surface area contributed by atoms with Crippen LogP contribution >= 0.6 is 0 Å². The molecule has 0 bridgehead atoms.